The molecular weight excluding hydrogens is 572 g/mol. The summed E-state index contributed by atoms with van der Waals surface area (Å²) in [4.78, 5) is 13.5. The van der Waals surface area contributed by atoms with Crippen molar-refractivity contribution in [1.82, 2.24) is 0 Å². The maximum atomic E-state index is 13.5. The second kappa shape index (κ2) is 11.3. The Balaban J connectivity index is 1.27. The molecule has 5 unspecified atom stereocenters. The van der Waals surface area contributed by atoms with Crippen molar-refractivity contribution in [2.75, 3.05) is 13.7 Å². The first-order chi connectivity index (χ1) is 21.0. The standard InChI is InChI=1S/C37H60O8/c1-20(2)21-11-16-37(32(42)43-8)18-17-35(6)22(27(21)37)9-10-25-34(5)14-13-26(33(3,4)24(34)12-15-36(25,35)7)45-31-30(41)29(40)28(39)23(19-38)44-31/h21-31,38-41H,1,9-19H2,2-8H3/t21-,22?,23+,24?,25?,26-,27?,28+,29-,30+,31-,34-,35+,36+,37?/m0/s1. The van der Waals surface area contributed by atoms with Crippen molar-refractivity contribution in [3.05, 3.63) is 12.2 Å². The van der Waals surface area contributed by atoms with Gasteiger partial charge in [-0.2, -0.15) is 0 Å². The molecule has 1 aliphatic heterocycles. The average molecular weight is 633 g/mol. The predicted molar refractivity (Wildman–Crippen MR) is 170 cm³/mol. The number of hydrogen-bond acceptors (Lipinski definition) is 8. The highest BCUT2D eigenvalue weighted by molar-refractivity contribution is 5.78. The van der Waals surface area contributed by atoms with E-state index in [1.54, 1.807) is 7.11 Å². The van der Waals surface area contributed by atoms with Crippen LogP contribution in [0.2, 0.25) is 0 Å². The van der Waals surface area contributed by atoms with Gasteiger partial charge in [0.25, 0.3) is 0 Å². The number of hydrogen-bond donors (Lipinski definition) is 4. The molecular formula is C37H60O8. The summed E-state index contributed by atoms with van der Waals surface area (Å²) in [6.45, 7) is 18.4. The molecule has 0 radical (unpaired) electrons. The van der Waals surface area contributed by atoms with Crippen LogP contribution >= 0.6 is 0 Å². The van der Waals surface area contributed by atoms with Crippen LogP contribution in [0.4, 0.5) is 0 Å². The normalized spacial score (nSPS) is 53.8. The SMILES string of the molecule is C=C(C)[C@@H]1CCC2(C(=O)OC)CC[C@]3(C)C(CCC4[C@@]5(C)CC[C@H](O[C@@H]6O[C@H](CO)[C@@H](O)[C@H](O)[C@H]6O)C(C)(C)C5CC[C@]43C)C12. The van der Waals surface area contributed by atoms with Gasteiger partial charge < -0.3 is 34.6 Å². The first-order valence-electron chi connectivity index (χ1n) is 17.7. The van der Waals surface area contributed by atoms with Gasteiger partial charge in [-0.05, 0) is 122 Å². The van der Waals surface area contributed by atoms with E-state index >= 15 is 0 Å². The topological polar surface area (TPSA) is 126 Å². The second-order valence-electron chi connectivity index (χ2n) is 17.5. The molecule has 0 spiro atoms. The van der Waals surface area contributed by atoms with Gasteiger partial charge >= 0.3 is 5.97 Å². The molecule has 0 aromatic carbocycles. The molecule has 0 amide bonds. The third-order valence-electron chi connectivity index (χ3n) is 15.7. The summed E-state index contributed by atoms with van der Waals surface area (Å²) in [6.07, 6.45) is 3.75. The summed E-state index contributed by atoms with van der Waals surface area (Å²) in [7, 11) is 1.57. The minimum absolute atomic E-state index is 0.000666. The van der Waals surface area contributed by atoms with E-state index in [0.29, 0.717) is 29.6 Å². The smallest absolute Gasteiger partial charge is 0.312 e. The highest BCUT2D eigenvalue weighted by Crippen LogP contribution is 2.77. The van der Waals surface area contributed by atoms with Crippen molar-refractivity contribution in [1.29, 1.82) is 0 Å². The predicted octanol–water partition coefficient (Wildman–Crippen LogP) is 5.00. The van der Waals surface area contributed by atoms with Crippen molar-refractivity contribution in [3.63, 3.8) is 0 Å². The molecule has 6 rings (SSSR count). The van der Waals surface area contributed by atoms with Crippen LogP contribution in [0.3, 0.4) is 0 Å². The lowest BCUT2D eigenvalue weighted by Crippen LogP contribution is -2.67. The van der Waals surface area contributed by atoms with Crippen molar-refractivity contribution < 1.29 is 39.4 Å². The Morgan fingerprint density at radius 1 is 0.844 bits per heavy atom. The maximum absolute atomic E-state index is 13.5. The molecule has 0 aromatic heterocycles. The number of ether oxygens (including phenoxy) is 3. The first kappa shape index (κ1) is 33.9. The number of allylic oxidation sites excluding steroid dienone is 1. The van der Waals surface area contributed by atoms with Crippen LogP contribution in [0.5, 0.6) is 0 Å². The Bertz CT molecular complexity index is 1170. The first-order valence-corrected chi connectivity index (χ1v) is 17.7. The Hall–Kier alpha value is -1.03. The third-order valence-corrected chi connectivity index (χ3v) is 15.7. The minimum atomic E-state index is -1.44. The van der Waals surface area contributed by atoms with Crippen molar-refractivity contribution in [2.24, 2.45) is 56.7 Å². The summed E-state index contributed by atoms with van der Waals surface area (Å²) in [5.74, 6) is 2.08. The Morgan fingerprint density at radius 3 is 2.20 bits per heavy atom. The molecule has 1 heterocycles. The second-order valence-corrected chi connectivity index (χ2v) is 17.5. The van der Waals surface area contributed by atoms with Gasteiger partial charge in [-0.15, -0.1) is 0 Å². The summed E-state index contributed by atoms with van der Waals surface area (Å²) in [5, 5.41) is 41.1. The zero-order valence-electron chi connectivity index (χ0n) is 28.8. The summed E-state index contributed by atoms with van der Waals surface area (Å²) >= 11 is 0. The molecule has 8 heteroatoms. The van der Waals surface area contributed by atoms with Crippen LogP contribution in [-0.2, 0) is 19.0 Å². The van der Waals surface area contributed by atoms with E-state index in [9.17, 15) is 25.2 Å². The molecule has 0 aromatic rings. The fourth-order valence-electron chi connectivity index (χ4n) is 13.3. The van der Waals surface area contributed by atoms with E-state index in [0.717, 1.165) is 64.2 Å². The summed E-state index contributed by atoms with van der Waals surface area (Å²) < 4.78 is 17.8. The van der Waals surface area contributed by atoms with E-state index in [-0.39, 0.29) is 39.1 Å². The highest BCUT2D eigenvalue weighted by atomic mass is 16.7. The van der Waals surface area contributed by atoms with E-state index in [1.165, 1.54) is 5.57 Å². The zero-order valence-corrected chi connectivity index (χ0v) is 28.8. The molecule has 0 bridgehead atoms. The number of esters is 1. The maximum Gasteiger partial charge on any atom is 0.312 e. The van der Waals surface area contributed by atoms with Crippen LogP contribution in [0.1, 0.15) is 106 Å². The average Bonchev–Trinajstić information content (AvgIpc) is 3.40. The molecule has 15 atom stereocenters. The van der Waals surface area contributed by atoms with Crippen molar-refractivity contribution in [2.45, 2.75) is 143 Å². The lowest BCUT2D eigenvalue weighted by atomic mass is 9.32. The molecule has 45 heavy (non-hydrogen) atoms. The molecule has 4 N–H and O–H groups in total. The third kappa shape index (κ3) is 4.55. The Labute approximate surface area is 270 Å². The lowest BCUT2D eigenvalue weighted by molar-refractivity contribution is -0.331. The van der Waals surface area contributed by atoms with Gasteiger partial charge in [0.05, 0.1) is 25.2 Å². The monoisotopic (exact) mass is 632 g/mol. The Morgan fingerprint density at radius 2 is 1.56 bits per heavy atom. The van der Waals surface area contributed by atoms with Crippen molar-refractivity contribution in [3.8, 4) is 0 Å². The molecule has 1 saturated heterocycles. The lowest BCUT2D eigenvalue weighted by Gasteiger charge is -2.73. The van der Waals surface area contributed by atoms with Gasteiger partial charge in [-0.25, -0.2) is 0 Å². The number of rotatable bonds is 5. The minimum Gasteiger partial charge on any atom is -0.469 e. The Kier molecular flexibility index (Phi) is 8.48. The van der Waals surface area contributed by atoms with Crippen LogP contribution < -0.4 is 0 Å². The van der Waals surface area contributed by atoms with Gasteiger partial charge in [-0.1, -0.05) is 46.8 Å². The zero-order chi connectivity index (χ0) is 32.9. The molecule has 8 nitrogen and oxygen atoms in total. The summed E-state index contributed by atoms with van der Waals surface area (Å²) in [5.41, 5.74) is 1.00. The van der Waals surface area contributed by atoms with Crippen LogP contribution in [0.15, 0.2) is 12.2 Å². The van der Waals surface area contributed by atoms with Crippen LogP contribution in [0, 0.1) is 56.7 Å². The quantitative estimate of drug-likeness (QED) is 0.190. The van der Waals surface area contributed by atoms with Gasteiger partial charge in [-0.3, -0.25) is 4.79 Å². The fourth-order valence-corrected chi connectivity index (χ4v) is 13.3. The van der Waals surface area contributed by atoms with E-state index in [1.807, 2.05) is 0 Å². The van der Waals surface area contributed by atoms with Crippen molar-refractivity contribution >= 4 is 5.97 Å². The van der Waals surface area contributed by atoms with E-state index in [2.05, 4.69) is 48.1 Å². The summed E-state index contributed by atoms with van der Waals surface area (Å²) in [6, 6.07) is 0. The molecule has 6 aliphatic rings. The number of fused-ring (bicyclic) bond motifs is 7. The van der Waals surface area contributed by atoms with Gasteiger partial charge in [0.1, 0.15) is 24.4 Å². The number of aliphatic hydroxyl groups excluding tert-OH is 4. The molecule has 256 valence electrons. The van der Waals surface area contributed by atoms with Crippen LogP contribution in [0.25, 0.3) is 0 Å². The van der Waals surface area contributed by atoms with E-state index in [4.69, 9.17) is 14.2 Å². The number of aliphatic hydroxyl groups is 4. The van der Waals surface area contributed by atoms with Gasteiger partial charge in [0.15, 0.2) is 6.29 Å². The van der Waals surface area contributed by atoms with E-state index < -0.39 is 37.3 Å². The highest BCUT2D eigenvalue weighted by Gasteiger charge is 2.72. The van der Waals surface area contributed by atoms with Gasteiger partial charge in [0, 0.05) is 0 Å². The van der Waals surface area contributed by atoms with Crippen LogP contribution in [-0.4, -0.2) is 76.9 Å². The number of methoxy groups -OCH3 is 1. The number of carbonyl (C=O) groups excluding carboxylic acids is 1. The molecule has 6 fully saturated rings. The number of carbonyl (C=O) groups is 1. The fraction of sp³-hybridized carbons (Fsp3) is 0.919. The molecule has 5 aliphatic carbocycles. The molecule has 5 saturated carbocycles. The van der Waals surface area contributed by atoms with Gasteiger partial charge in [0.2, 0.25) is 0 Å². The largest absolute Gasteiger partial charge is 0.469 e.